The predicted molar refractivity (Wildman–Crippen MR) is 76.1 cm³/mol. The molecular weight excluding hydrogens is 222 g/mol. The van der Waals surface area contributed by atoms with Crippen LogP contribution in [-0.4, -0.2) is 10.8 Å². The van der Waals surface area contributed by atoms with Gasteiger partial charge >= 0.3 is 0 Å². The number of Topliss-reactive ketones (excluding diaryl/α,β-unsaturated/α-hetero) is 1. The van der Waals surface area contributed by atoms with Crippen LogP contribution in [0, 0.1) is 5.92 Å². The van der Waals surface area contributed by atoms with E-state index in [0.29, 0.717) is 0 Å². The number of H-pyrrole nitrogens is 1. The number of aromatic amines is 1. The minimum absolute atomic E-state index is 0.110. The van der Waals surface area contributed by atoms with Crippen molar-refractivity contribution in [2.75, 3.05) is 0 Å². The zero-order valence-corrected chi connectivity index (χ0v) is 11.4. The quantitative estimate of drug-likeness (QED) is 0.778. The van der Waals surface area contributed by atoms with Gasteiger partial charge in [0, 0.05) is 28.6 Å². The Morgan fingerprint density at radius 1 is 1.33 bits per heavy atom. The first-order valence-corrected chi connectivity index (χ1v) is 6.82. The summed E-state index contributed by atoms with van der Waals surface area (Å²) in [6, 6.07) is 6.19. The number of ketones is 1. The second-order valence-corrected chi connectivity index (χ2v) is 4.95. The lowest BCUT2D eigenvalue weighted by Gasteiger charge is -2.08. The van der Waals surface area contributed by atoms with E-state index in [0.717, 1.165) is 35.7 Å². The maximum Gasteiger partial charge on any atom is 0.167 e. The minimum Gasteiger partial charge on any atom is -0.360 e. The van der Waals surface area contributed by atoms with Gasteiger partial charge in [-0.2, -0.15) is 0 Å². The molecule has 2 rings (SSSR count). The van der Waals surface area contributed by atoms with Gasteiger partial charge < -0.3 is 4.98 Å². The van der Waals surface area contributed by atoms with Crippen LogP contribution in [-0.2, 0) is 6.42 Å². The predicted octanol–water partition coefficient (Wildman–Crippen LogP) is 4.35. The molecule has 0 spiro atoms. The maximum atomic E-state index is 12.4. The summed E-state index contributed by atoms with van der Waals surface area (Å²) in [6.45, 7) is 6.28. The average Bonchev–Trinajstić information content (AvgIpc) is 2.81. The molecule has 0 aliphatic carbocycles. The minimum atomic E-state index is 0.110. The summed E-state index contributed by atoms with van der Waals surface area (Å²) in [6.07, 6.45) is 4.86. The third-order valence-electron chi connectivity index (χ3n) is 3.62. The van der Waals surface area contributed by atoms with E-state index < -0.39 is 0 Å². The fraction of sp³-hybridized carbons (Fsp3) is 0.438. The maximum absolute atomic E-state index is 12.4. The van der Waals surface area contributed by atoms with Crippen LogP contribution in [0.4, 0.5) is 0 Å². The Morgan fingerprint density at radius 3 is 2.78 bits per heavy atom. The monoisotopic (exact) mass is 243 g/mol. The highest BCUT2D eigenvalue weighted by Crippen LogP contribution is 2.25. The molecule has 2 aromatic rings. The van der Waals surface area contributed by atoms with E-state index in [1.54, 1.807) is 0 Å². The van der Waals surface area contributed by atoms with Crippen LogP contribution >= 0.6 is 0 Å². The molecule has 0 saturated carbocycles. The highest BCUT2D eigenvalue weighted by molar-refractivity contribution is 6.09. The van der Waals surface area contributed by atoms with Gasteiger partial charge in [-0.25, -0.2) is 0 Å². The summed E-state index contributed by atoms with van der Waals surface area (Å²) < 4.78 is 0. The van der Waals surface area contributed by atoms with Crippen LogP contribution < -0.4 is 0 Å². The van der Waals surface area contributed by atoms with E-state index in [9.17, 15) is 4.79 Å². The van der Waals surface area contributed by atoms with Crippen molar-refractivity contribution in [1.29, 1.82) is 0 Å². The fourth-order valence-electron chi connectivity index (χ4n) is 2.55. The molecule has 0 amide bonds. The topological polar surface area (TPSA) is 32.9 Å². The summed E-state index contributed by atoms with van der Waals surface area (Å²) >= 11 is 0. The molecule has 0 bridgehead atoms. The van der Waals surface area contributed by atoms with Crippen LogP contribution in [0.15, 0.2) is 24.4 Å². The van der Waals surface area contributed by atoms with E-state index in [2.05, 4.69) is 24.9 Å². The molecule has 1 atom stereocenters. The molecule has 18 heavy (non-hydrogen) atoms. The van der Waals surface area contributed by atoms with Gasteiger partial charge in [0.1, 0.15) is 0 Å². The van der Waals surface area contributed by atoms with Gasteiger partial charge in [-0.05, 0) is 18.4 Å². The lowest BCUT2D eigenvalue weighted by atomic mass is 9.94. The SMILES string of the molecule is CCCC(C)C(=O)c1c[nH]c2c(CC)cccc12. The van der Waals surface area contributed by atoms with Gasteiger partial charge in [-0.15, -0.1) is 0 Å². The molecular formula is C16H21NO. The number of carbonyl (C=O) groups is 1. The van der Waals surface area contributed by atoms with Crippen molar-refractivity contribution in [3.05, 3.63) is 35.5 Å². The summed E-state index contributed by atoms with van der Waals surface area (Å²) in [4.78, 5) is 15.7. The number of rotatable bonds is 5. The summed E-state index contributed by atoms with van der Waals surface area (Å²) in [5.74, 6) is 0.371. The van der Waals surface area contributed by atoms with Gasteiger partial charge in [0.05, 0.1) is 0 Å². The van der Waals surface area contributed by atoms with E-state index in [1.807, 2.05) is 25.3 Å². The Morgan fingerprint density at radius 2 is 2.11 bits per heavy atom. The van der Waals surface area contributed by atoms with E-state index in [1.165, 1.54) is 5.56 Å². The molecule has 0 saturated heterocycles. The molecule has 2 nitrogen and oxygen atoms in total. The molecule has 0 fully saturated rings. The zero-order chi connectivity index (χ0) is 13.1. The van der Waals surface area contributed by atoms with Crippen LogP contribution in [0.2, 0.25) is 0 Å². The van der Waals surface area contributed by atoms with Crippen molar-refractivity contribution in [3.63, 3.8) is 0 Å². The van der Waals surface area contributed by atoms with E-state index >= 15 is 0 Å². The molecule has 1 aromatic carbocycles. The third kappa shape index (κ3) is 2.20. The highest BCUT2D eigenvalue weighted by atomic mass is 16.1. The molecule has 0 aliphatic rings. The zero-order valence-electron chi connectivity index (χ0n) is 11.4. The number of aromatic nitrogens is 1. The van der Waals surface area contributed by atoms with E-state index in [-0.39, 0.29) is 11.7 Å². The number of benzene rings is 1. The summed E-state index contributed by atoms with van der Waals surface area (Å²) in [5.41, 5.74) is 3.24. The Balaban J connectivity index is 2.43. The van der Waals surface area contributed by atoms with Crippen molar-refractivity contribution in [1.82, 2.24) is 4.98 Å². The Bertz CT molecular complexity index is 553. The van der Waals surface area contributed by atoms with Crippen molar-refractivity contribution >= 4 is 16.7 Å². The number of hydrogen-bond acceptors (Lipinski definition) is 1. The van der Waals surface area contributed by atoms with Crippen molar-refractivity contribution in [2.24, 2.45) is 5.92 Å². The Labute approximate surface area is 108 Å². The summed E-state index contributed by atoms with van der Waals surface area (Å²) in [5, 5.41) is 1.07. The van der Waals surface area contributed by atoms with Crippen LogP contribution in [0.1, 0.15) is 49.5 Å². The normalized spacial score (nSPS) is 12.8. The van der Waals surface area contributed by atoms with Gasteiger partial charge in [0.25, 0.3) is 0 Å². The molecule has 1 N–H and O–H groups in total. The molecule has 96 valence electrons. The first-order valence-electron chi connectivity index (χ1n) is 6.82. The number of para-hydroxylation sites is 1. The molecule has 1 unspecified atom stereocenters. The number of aryl methyl sites for hydroxylation is 1. The van der Waals surface area contributed by atoms with Crippen molar-refractivity contribution < 1.29 is 4.79 Å². The Kier molecular flexibility index (Phi) is 3.85. The van der Waals surface area contributed by atoms with Crippen molar-refractivity contribution in [3.8, 4) is 0 Å². The standard InChI is InChI=1S/C16H21NO/c1-4-7-11(3)16(18)14-10-17-15-12(5-2)8-6-9-13(14)15/h6,8-11,17H,4-5,7H2,1-3H3. The van der Waals surface area contributed by atoms with Gasteiger partial charge in [0.15, 0.2) is 5.78 Å². The second-order valence-electron chi connectivity index (χ2n) is 4.95. The average molecular weight is 243 g/mol. The van der Waals surface area contributed by atoms with Crippen LogP contribution in [0.3, 0.4) is 0 Å². The molecule has 0 radical (unpaired) electrons. The van der Waals surface area contributed by atoms with Crippen LogP contribution in [0.25, 0.3) is 10.9 Å². The first-order chi connectivity index (χ1) is 8.69. The largest absolute Gasteiger partial charge is 0.360 e. The van der Waals surface area contributed by atoms with Gasteiger partial charge in [-0.3, -0.25) is 4.79 Å². The van der Waals surface area contributed by atoms with Gasteiger partial charge in [-0.1, -0.05) is 45.4 Å². The number of fused-ring (bicyclic) bond motifs is 1. The molecule has 2 heteroatoms. The smallest absolute Gasteiger partial charge is 0.167 e. The molecule has 0 aliphatic heterocycles. The van der Waals surface area contributed by atoms with E-state index in [4.69, 9.17) is 0 Å². The second kappa shape index (κ2) is 5.38. The highest BCUT2D eigenvalue weighted by Gasteiger charge is 2.18. The number of hydrogen-bond donors (Lipinski definition) is 1. The van der Waals surface area contributed by atoms with Gasteiger partial charge in [0.2, 0.25) is 0 Å². The third-order valence-corrected chi connectivity index (χ3v) is 3.62. The lowest BCUT2D eigenvalue weighted by Crippen LogP contribution is -2.10. The molecule has 1 heterocycles. The summed E-state index contributed by atoms with van der Waals surface area (Å²) in [7, 11) is 0. The number of nitrogens with one attached hydrogen (secondary N) is 1. The Hall–Kier alpha value is -1.57. The lowest BCUT2D eigenvalue weighted by molar-refractivity contribution is 0.0925. The van der Waals surface area contributed by atoms with Crippen molar-refractivity contribution in [2.45, 2.75) is 40.0 Å². The van der Waals surface area contributed by atoms with Crippen LogP contribution in [0.5, 0.6) is 0 Å². The molecule has 1 aromatic heterocycles. The number of carbonyl (C=O) groups excluding carboxylic acids is 1. The fourth-order valence-corrected chi connectivity index (χ4v) is 2.55. The first kappa shape index (κ1) is 12.9.